The Hall–Kier alpha value is -3.02. The van der Waals surface area contributed by atoms with Crippen LogP contribution in [0, 0.1) is 11.8 Å². The first-order valence-electron chi connectivity index (χ1n) is 9.18. The number of H-pyrrole nitrogens is 1. The maximum Gasteiger partial charge on any atom is 0.296 e. The molecule has 1 aliphatic rings. The number of nitrogens with zero attached hydrogens (tertiary/aromatic N) is 2. The molecule has 0 radical (unpaired) electrons. The molecule has 3 aromatic rings. The predicted molar refractivity (Wildman–Crippen MR) is 109 cm³/mol. The Labute approximate surface area is 157 Å². The van der Waals surface area contributed by atoms with Crippen molar-refractivity contribution >= 4 is 21.9 Å². The summed E-state index contributed by atoms with van der Waals surface area (Å²) in [6.45, 7) is 6.57. The second-order valence-corrected chi connectivity index (χ2v) is 7.36. The number of allylic oxidation sites excluding steroid dienone is 3. The van der Waals surface area contributed by atoms with Gasteiger partial charge in [0.05, 0.1) is 7.11 Å². The Bertz CT molecular complexity index is 1140. The summed E-state index contributed by atoms with van der Waals surface area (Å²) in [6, 6.07) is 5.65. The van der Waals surface area contributed by atoms with E-state index < -0.39 is 0 Å². The molecule has 2 aromatic heterocycles. The number of nitrogens with one attached hydrogen (secondary N) is 2. The fourth-order valence-corrected chi connectivity index (χ4v) is 4.01. The van der Waals surface area contributed by atoms with Crippen LogP contribution in [0.2, 0.25) is 0 Å². The van der Waals surface area contributed by atoms with E-state index in [4.69, 9.17) is 4.74 Å². The Balaban J connectivity index is 1.73. The van der Waals surface area contributed by atoms with Crippen molar-refractivity contribution in [2.24, 2.45) is 11.8 Å². The molecule has 6 heteroatoms. The van der Waals surface area contributed by atoms with Gasteiger partial charge in [0.25, 0.3) is 5.56 Å². The lowest BCUT2D eigenvalue weighted by molar-refractivity contribution is 0.415. The number of methoxy groups -OCH3 is 1. The summed E-state index contributed by atoms with van der Waals surface area (Å²) in [7, 11) is 1.62. The van der Waals surface area contributed by atoms with E-state index in [9.17, 15) is 4.79 Å². The minimum atomic E-state index is -0.158. The number of benzene rings is 1. The van der Waals surface area contributed by atoms with Crippen molar-refractivity contribution in [2.45, 2.75) is 27.2 Å². The molecule has 2 N–H and O–H groups in total. The molecule has 2 atom stereocenters. The third-order valence-corrected chi connectivity index (χ3v) is 5.34. The van der Waals surface area contributed by atoms with Crippen molar-refractivity contribution < 1.29 is 4.74 Å². The highest BCUT2D eigenvalue weighted by Gasteiger charge is 2.20. The number of fused-ring (bicyclic) bond motifs is 3. The van der Waals surface area contributed by atoms with E-state index in [0.29, 0.717) is 22.9 Å². The molecule has 2 heterocycles. The summed E-state index contributed by atoms with van der Waals surface area (Å²) in [5.41, 5.74) is 7.66. The SMILES string of the molecule is COc1ccc2[nH]c3c(=O)n(N/C=C4/[C@H](C)C=C(C)C[C@H]4C)cnc3c2c1. The summed E-state index contributed by atoms with van der Waals surface area (Å²) >= 11 is 0. The van der Waals surface area contributed by atoms with Gasteiger partial charge in [0, 0.05) is 17.1 Å². The lowest BCUT2D eigenvalue weighted by Crippen LogP contribution is -2.27. The highest BCUT2D eigenvalue weighted by molar-refractivity contribution is 6.04. The highest BCUT2D eigenvalue weighted by atomic mass is 16.5. The fourth-order valence-electron chi connectivity index (χ4n) is 4.01. The highest BCUT2D eigenvalue weighted by Crippen LogP contribution is 2.32. The van der Waals surface area contributed by atoms with Crippen molar-refractivity contribution in [2.75, 3.05) is 12.5 Å². The maximum atomic E-state index is 12.9. The van der Waals surface area contributed by atoms with Crippen LogP contribution in [0.5, 0.6) is 5.75 Å². The van der Waals surface area contributed by atoms with Crippen molar-refractivity contribution in [1.29, 1.82) is 0 Å². The van der Waals surface area contributed by atoms with E-state index in [-0.39, 0.29) is 5.56 Å². The lowest BCUT2D eigenvalue weighted by atomic mass is 9.80. The van der Waals surface area contributed by atoms with Gasteiger partial charge in [0.2, 0.25) is 0 Å². The number of aromatic amines is 1. The van der Waals surface area contributed by atoms with E-state index in [1.807, 2.05) is 24.4 Å². The molecule has 1 aliphatic carbocycles. The van der Waals surface area contributed by atoms with Crippen molar-refractivity contribution in [3.63, 3.8) is 0 Å². The van der Waals surface area contributed by atoms with E-state index in [1.165, 1.54) is 22.1 Å². The molecule has 0 amide bonds. The van der Waals surface area contributed by atoms with Gasteiger partial charge in [0.1, 0.15) is 23.1 Å². The first kappa shape index (κ1) is 17.4. The molecular formula is C21H24N4O2. The average molecular weight is 364 g/mol. The van der Waals surface area contributed by atoms with Gasteiger partial charge >= 0.3 is 0 Å². The summed E-state index contributed by atoms with van der Waals surface area (Å²) in [6.07, 6.45) is 6.81. The van der Waals surface area contributed by atoms with Crippen LogP contribution in [0.25, 0.3) is 21.9 Å². The lowest BCUT2D eigenvalue weighted by Gasteiger charge is -2.26. The molecule has 4 rings (SSSR count). The van der Waals surface area contributed by atoms with Crippen LogP contribution < -0.4 is 15.7 Å². The second-order valence-electron chi connectivity index (χ2n) is 7.36. The molecular weight excluding hydrogens is 340 g/mol. The van der Waals surface area contributed by atoms with Gasteiger partial charge in [-0.05, 0) is 49.0 Å². The van der Waals surface area contributed by atoms with Crippen LogP contribution in [-0.4, -0.2) is 21.8 Å². The average Bonchev–Trinajstić information content (AvgIpc) is 3.01. The monoisotopic (exact) mass is 364 g/mol. The zero-order valence-corrected chi connectivity index (χ0v) is 16.0. The number of hydrogen-bond acceptors (Lipinski definition) is 4. The second kappa shape index (κ2) is 6.61. The first-order chi connectivity index (χ1) is 13.0. The molecule has 6 nitrogen and oxygen atoms in total. The van der Waals surface area contributed by atoms with Gasteiger partial charge in [-0.15, -0.1) is 0 Å². The van der Waals surface area contributed by atoms with E-state index in [0.717, 1.165) is 23.1 Å². The number of hydrogen-bond donors (Lipinski definition) is 2. The fraction of sp³-hybridized carbons (Fsp3) is 0.333. The molecule has 140 valence electrons. The summed E-state index contributed by atoms with van der Waals surface area (Å²) in [5.74, 6) is 1.54. The van der Waals surface area contributed by atoms with E-state index in [1.54, 1.807) is 7.11 Å². The third kappa shape index (κ3) is 3.01. The molecule has 1 aromatic carbocycles. The van der Waals surface area contributed by atoms with E-state index in [2.05, 4.69) is 42.2 Å². The Morgan fingerprint density at radius 1 is 1.37 bits per heavy atom. The number of aromatic nitrogens is 3. The Morgan fingerprint density at radius 2 is 2.19 bits per heavy atom. The first-order valence-corrected chi connectivity index (χ1v) is 9.18. The van der Waals surface area contributed by atoms with Gasteiger partial charge in [-0.1, -0.05) is 25.5 Å². The van der Waals surface area contributed by atoms with Crippen LogP contribution in [0.15, 0.2) is 52.7 Å². The normalized spacial score (nSPS) is 21.6. The third-order valence-electron chi connectivity index (χ3n) is 5.34. The quantitative estimate of drug-likeness (QED) is 0.691. The van der Waals surface area contributed by atoms with Gasteiger partial charge < -0.3 is 9.72 Å². The zero-order chi connectivity index (χ0) is 19.1. The molecule has 0 saturated carbocycles. The van der Waals surface area contributed by atoms with Crippen LogP contribution in [0.4, 0.5) is 0 Å². The van der Waals surface area contributed by atoms with Crippen LogP contribution in [0.3, 0.4) is 0 Å². The van der Waals surface area contributed by atoms with Gasteiger partial charge in [0.15, 0.2) is 0 Å². The molecule has 27 heavy (non-hydrogen) atoms. The van der Waals surface area contributed by atoms with E-state index >= 15 is 0 Å². The number of rotatable bonds is 3. The standard InChI is InChI=1S/C21H24N4O2/c1-12-7-13(2)17(14(3)8-12)10-23-25-11-22-19-16-9-15(27-4)5-6-18(16)24-20(19)21(25)26/h5-7,9-11,13-14,23-24H,8H2,1-4H3/b17-10-/t13-,14-/m1/s1. The topological polar surface area (TPSA) is 71.9 Å². The largest absolute Gasteiger partial charge is 0.497 e. The smallest absolute Gasteiger partial charge is 0.296 e. The molecule has 0 saturated heterocycles. The minimum Gasteiger partial charge on any atom is -0.497 e. The molecule has 0 aliphatic heterocycles. The Morgan fingerprint density at radius 3 is 2.93 bits per heavy atom. The predicted octanol–water partition coefficient (Wildman–Crippen LogP) is 3.94. The molecule has 0 fully saturated rings. The van der Waals surface area contributed by atoms with Gasteiger partial charge in [-0.2, -0.15) is 0 Å². The number of ether oxygens (including phenoxy) is 1. The van der Waals surface area contributed by atoms with Crippen LogP contribution in [-0.2, 0) is 0 Å². The Kier molecular flexibility index (Phi) is 4.26. The summed E-state index contributed by atoms with van der Waals surface area (Å²) in [4.78, 5) is 20.6. The van der Waals surface area contributed by atoms with Crippen molar-refractivity contribution in [1.82, 2.24) is 14.6 Å². The van der Waals surface area contributed by atoms with Crippen LogP contribution in [0.1, 0.15) is 27.2 Å². The molecule has 0 bridgehead atoms. The molecule has 0 unspecified atom stereocenters. The van der Waals surface area contributed by atoms with Crippen LogP contribution >= 0.6 is 0 Å². The van der Waals surface area contributed by atoms with Crippen molar-refractivity contribution in [3.05, 3.63) is 58.3 Å². The van der Waals surface area contributed by atoms with Gasteiger partial charge in [-0.3, -0.25) is 10.2 Å². The zero-order valence-electron chi connectivity index (χ0n) is 16.0. The van der Waals surface area contributed by atoms with Crippen molar-refractivity contribution in [3.8, 4) is 5.75 Å². The minimum absolute atomic E-state index is 0.158. The molecule has 0 spiro atoms. The summed E-state index contributed by atoms with van der Waals surface area (Å²) in [5, 5.41) is 0.877. The maximum absolute atomic E-state index is 12.9. The summed E-state index contributed by atoms with van der Waals surface area (Å²) < 4.78 is 6.70. The van der Waals surface area contributed by atoms with Gasteiger partial charge in [-0.25, -0.2) is 9.66 Å².